The average Bonchev–Trinajstić information content (AvgIpc) is 2.44. The summed E-state index contributed by atoms with van der Waals surface area (Å²) in [5.74, 6) is -1.05. The normalized spacial score (nSPS) is 12.1. The number of carbonyl (C=O) groups excluding carboxylic acids is 4. The molecule has 0 aromatic heterocycles. The molecular formula is C15H28N4O5. The summed E-state index contributed by atoms with van der Waals surface area (Å²) >= 11 is 0. The highest BCUT2D eigenvalue weighted by atomic mass is 16.6. The molecule has 9 nitrogen and oxygen atoms in total. The maximum Gasteiger partial charge on any atom is 0.408 e. The van der Waals surface area contributed by atoms with E-state index in [0.29, 0.717) is 13.0 Å². The molecule has 0 aliphatic rings. The topological polar surface area (TPSA) is 126 Å². The SMILES string of the molecule is CC(C)C(NC(=O)OC(C)(C)C)C(=O)NCC(=O)NCCNC=O. The monoisotopic (exact) mass is 344 g/mol. The van der Waals surface area contributed by atoms with Crippen molar-refractivity contribution in [3.63, 3.8) is 0 Å². The van der Waals surface area contributed by atoms with Crippen LogP contribution in [0.5, 0.6) is 0 Å². The van der Waals surface area contributed by atoms with Crippen molar-refractivity contribution >= 4 is 24.3 Å². The predicted molar refractivity (Wildman–Crippen MR) is 88.1 cm³/mol. The van der Waals surface area contributed by atoms with Gasteiger partial charge in [0.2, 0.25) is 18.2 Å². The molecule has 0 bridgehead atoms. The number of nitrogens with one attached hydrogen (secondary N) is 4. The zero-order chi connectivity index (χ0) is 18.8. The molecule has 9 heteroatoms. The van der Waals surface area contributed by atoms with Crippen molar-refractivity contribution in [2.75, 3.05) is 19.6 Å². The molecule has 0 aromatic carbocycles. The Kier molecular flexibility index (Phi) is 9.44. The summed E-state index contributed by atoms with van der Waals surface area (Å²) in [6.45, 7) is 9.05. The van der Waals surface area contributed by atoms with Gasteiger partial charge in [-0.3, -0.25) is 14.4 Å². The van der Waals surface area contributed by atoms with Crippen molar-refractivity contribution in [2.24, 2.45) is 5.92 Å². The molecule has 0 heterocycles. The number of rotatable bonds is 9. The second-order valence-electron chi connectivity index (χ2n) is 6.51. The fourth-order valence-electron chi connectivity index (χ4n) is 1.64. The van der Waals surface area contributed by atoms with Crippen LogP contribution < -0.4 is 21.3 Å². The molecule has 1 atom stereocenters. The van der Waals surface area contributed by atoms with Gasteiger partial charge in [0, 0.05) is 13.1 Å². The van der Waals surface area contributed by atoms with E-state index in [1.807, 2.05) is 0 Å². The Morgan fingerprint density at radius 2 is 1.71 bits per heavy atom. The van der Waals surface area contributed by atoms with Gasteiger partial charge in [-0.1, -0.05) is 13.8 Å². The molecule has 138 valence electrons. The third-order valence-corrected chi connectivity index (χ3v) is 2.72. The molecule has 0 aliphatic heterocycles. The maximum atomic E-state index is 12.1. The van der Waals surface area contributed by atoms with Crippen LogP contribution in [0.15, 0.2) is 0 Å². The van der Waals surface area contributed by atoms with Crippen LogP contribution in [0.2, 0.25) is 0 Å². The van der Waals surface area contributed by atoms with Crippen LogP contribution in [0.3, 0.4) is 0 Å². The molecule has 1 unspecified atom stereocenters. The smallest absolute Gasteiger partial charge is 0.408 e. The van der Waals surface area contributed by atoms with Crippen LogP contribution in [0.25, 0.3) is 0 Å². The standard InChI is InChI=1S/C15H28N4O5/c1-10(2)12(19-14(23)24-15(3,4)5)13(22)18-8-11(21)17-7-6-16-9-20/h9-10,12H,6-8H2,1-5H3,(H,16,20)(H,17,21)(H,18,22)(H,19,23). The highest BCUT2D eigenvalue weighted by molar-refractivity contribution is 5.89. The van der Waals surface area contributed by atoms with Crippen LogP contribution in [-0.4, -0.2) is 55.6 Å². The molecule has 0 fully saturated rings. The number of hydrogen-bond donors (Lipinski definition) is 4. The van der Waals surface area contributed by atoms with Gasteiger partial charge in [-0.2, -0.15) is 0 Å². The summed E-state index contributed by atoms with van der Waals surface area (Å²) in [7, 11) is 0. The van der Waals surface area contributed by atoms with Crippen LogP contribution in [-0.2, 0) is 19.1 Å². The van der Waals surface area contributed by atoms with Gasteiger partial charge in [0.25, 0.3) is 0 Å². The number of alkyl carbamates (subject to hydrolysis) is 1. The van der Waals surface area contributed by atoms with E-state index in [1.165, 1.54) is 0 Å². The second kappa shape index (κ2) is 10.5. The Labute approximate surface area is 142 Å². The highest BCUT2D eigenvalue weighted by Gasteiger charge is 2.27. The molecule has 0 spiro atoms. The van der Waals surface area contributed by atoms with Crippen LogP contribution in [0.4, 0.5) is 4.79 Å². The van der Waals surface area contributed by atoms with E-state index < -0.39 is 29.6 Å². The van der Waals surface area contributed by atoms with E-state index >= 15 is 0 Å². The first-order chi connectivity index (χ1) is 11.1. The van der Waals surface area contributed by atoms with Gasteiger partial charge < -0.3 is 26.0 Å². The van der Waals surface area contributed by atoms with Crippen molar-refractivity contribution in [1.29, 1.82) is 0 Å². The van der Waals surface area contributed by atoms with Crippen molar-refractivity contribution in [3.05, 3.63) is 0 Å². The fraction of sp³-hybridized carbons (Fsp3) is 0.733. The third kappa shape index (κ3) is 10.4. The Morgan fingerprint density at radius 1 is 1.08 bits per heavy atom. The fourth-order valence-corrected chi connectivity index (χ4v) is 1.64. The van der Waals surface area contributed by atoms with Gasteiger partial charge in [-0.05, 0) is 26.7 Å². The number of ether oxygens (including phenoxy) is 1. The molecule has 0 aromatic rings. The van der Waals surface area contributed by atoms with Gasteiger partial charge in [-0.15, -0.1) is 0 Å². The van der Waals surface area contributed by atoms with E-state index in [2.05, 4.69) is 21.3 Å². The molecule has 0 aliphatic carbocycles. The molecule has 0 rings (SSSR count). The zero-order valence-corrected chi connectivity index (χ0v) is 14.9. The second-order valence-corrected chi connectivity index (χ2v) is 6.51. The first-order valence-electron chi connectivity index (χ1n) is 7.77. The Balaban J connectivity index is 4.37. The Morgan fingerprint density at radius 3 is 2.21 bits per heavy atom. The molecule has 24 heavy (non-hydrogen) atoms. The van der Waals surface area contributed by atoms with Gasteiger partial charge in [0.15, 0.2) is 0 Å². The van der Waals surface area contributed by atoms with Gasteiger partial charge in [0.05, 0.1) is 6.54 Å². The van der Waals surface area contributed by atoms with Crippen molar-refractivity contribution in [3.8, 4) is 0 Å². The average molecular weight is 344 g/mol. The molecule has 0 radical (unpaired) electrons. The molecule has 0 saturated heterocycles. The lowest BCUT2D eigenvalue weighted by Crippen LogP contribution is -2.52. The van der Waals surface area contributed by atoms with E-state index in [-0.39, 0.29) is 19.0 Å². The first kappa shape index (κ1) is 21.7. The lowest BCUT2D eigenvalue weighted by Gasteiger charge is -2.25. The van der Waals surface area contributed by atoms with Crippen LogP contribution in [0, 0.1) is 5.92 Å². The lowest BCUT2D eigenvalue weighted by molar-refractivity contribution is -0.128. The summed E-state index contributed by atoms with van der Waals surface area (Å²) in [6.07, 6.45) is -0.163. The summed E-state index contributed by atoms with van der Waals surface area (Å²) < 4.78 is 5.13. The van der Waals surface area contributed by atoms with Crippen molar-refractivity contribution < 1.29 is 23.9 Å². The van der Waals surface area contributed by atoms with Crippen LogP contribution in [0.1, 0.15) is 34.6 Å². The Bertz CT molecular complexity index is 446. The largest absolute Gasteiger partial charge is 0.444 e. The van der Waals surface area contributed by atoms with E-state index in [4.69, 9.17) is 4.74 Å². The third-order valence-electron chi connectivity index (χ3n) is 2.72. The summed E-state index contributed by atoms with van der Waals surface area (Å²) in [6, 6.07) is -0.815. The van der Waals surface area contributed by atoms with E-state index in [9.17, 15) is 19.2 Å². The number of hydrogen-bond acceptors (Lipinski definition) is 5. The highest BCUT2D eigenvalue weighted by Crippen LogP contribution is 2.08. The van der Waals surface area contributed by atoms with Gasteiger partial charge in [0.1, 0.15) is 11.6 Å². The van der Waals surface area contributed by atoms with E-state index in [0.717, 1.165) is 0 Å². The van der Waals surface area contributed by atoms with Crippen molar-refractivity contribution in [2.45, 2.75) is 46.3 Å². The van der Waals surface area contributed by atoms with Crippen LogP contribution >= 0.6 is 0 Å². The summed E-state index contributed by atoms with van der Waals surface area (Å²) in [5, 5.41) is 9.89. The minimum absolute atomic E-state index is 0.183. The quantitative estimate of drug-likeness (QED) is 0.332. The van der Waals surface area contributed by atoms with Gasteiger partial charge >= 0.3 is 6.09 Å². The number of carbonyl (C=O) groups is 4. The summed E-state index contributed by atoms with van der Waals surface area (Å²) in [4.78, 5) is 45.5. The summed E-state index contributed by atoms with van der Waals surface area (Å²) in [5.41, 5.74) is -0.669. The Hall–Kier alpha value is -2.32. The number of amides is 4. The van der Waals surface area contributed by atoms with E-state index in [1.54, 1.807) is 34.6 Å². The lowest BCUT2D eigenvalue weighted by atomic mass is 10.0. The molecule has 4 amide bonds. The van der Waals surface area contributed by atoms with Crippen molar-refractivity contribution in [1.82, 2.24) is 21.3 Å². The minimum atomic E-state index is -0.815. The van der Waals surface area contributed by atoms with Gasteiger partial charge in [-0.25, -0.2) is 4.79 Å². The molecule has 4 N–H and O–H groups in total. The zero-order valence-electron chi connectivity index (χ0n) is 14.9. The first-order valence-corrected chi connectivity index (χ1v) is 7.77. The predicted octanol–water partition coefficient (Wildman–Crippen LogP) is -0.486. The molecular weight excluding hydrogens is 316 g/mol. The minimum Gasteiger partial charge on any atom is -0.444 e. The maximum absolute atomic E-state index is 12.1. The molecule has 0 saturated carbocycles.